The molecule has 11 nitrogen and oxygen atoms in total. The van der Waals surface area contributed by atoms with Crippen LogP contribution in [0.25, 0.3) is 0 Å². The van der Waals surface area contributed by atoms with Crippen molar-refractivity contribution in [3.8, 4) is 0 Å². The van der Waals surface area contributed by atoms with E-state index in [1.54, 1.807) is 55.4 Å². The highest BCUT2D eigenvalue weighted by atomic mass is 16.6. The Labute approximate surface area is 323 Å². The predicted octanol–water partition coefficient (Wildman–Crippen LogP) is 6.61. The summed E-state index contributed by atoms with van der Waals surface area (Å²) in [7, 11) is 0. The zero-order valence-electron chi connectivity index (χ0n) is 35.2. The van der Waals surface area contributed by atoms with Crippen LogP contribution in [0.4, 0.5) is 4.79 Å². The van der Waals surface area contributed by atoms with Crippen LogP contribution < -0.4 is 5.32 Å². The van der Waals surface area contributed by atoms with Gasteiger partial charge in [0, 0.05) is 12.3 Å². The van der Waals surface area contributed by atoms with Crippen LogP contribution in [0.5, 0.6) is 0 Å². The zero-order valence-corrected chi connectivity index (χ0v) is 35.2. The smallest absolute Gasteiger partial charge is 0.408 e. The number of hydrogen-bond donors (Lipinski definition) is 4. The molecular formula is C43H71NO10. The quantitative estimate of drug-likeness (QED) is 0.157. The Bertz CT molecular complexity index is 1480. The molecule has 0 radical (unpaired) electrons. The second-order valence-electron chi connectivity index (χ2n) is 22.0. The molecule has 6 aliphatic rings. The van der Waals surface area contributed by atoms with Crippen molar-refractivity contribution < 1.29 is 48.7 Å². The number of carbonyl (C=O) groups excluding carboxylic acids is 3. The molecule has 0 bridgehead atoms. The number of esters is 2. The molecule has 6 fully saturated rings. The van der Waals surface area contributed by atoms with E-state index in [1.807, 2.05) is 0 Å². The fraction of sp³-hybridized carbons (Fsp3) is 0.930. The lowest BCUT2D eigenvalue weighted by Gasteiger charge is -2.64. The van der Waals surface area contributed by atoms with Crippen molar-refractivity contribution in [3.63, 3.8) is 0 Å². The Kier molecular flexibility index (Phi) is 10.3. The van der Waals surface area contributed by atoms with Crippen molar-refractivity contribution >= 4 is 18.0 Å². The molecule has 5 aliphatic carbocycles. The highest BCUT2D eigenvalue weighted by Gasteiger charge is 2.84. The second kappa shape index (κ2) is 13.3. The number of ether oxygens (including phenoxy) is 4. The van der Waals surface area contributed by atoms with Crippen molar-refractivity contribution in [2.24, 2.45) is 44.8 Å². The Morgan fingerprint density at radius 3 is 2.09 bits per heavy atom. The maximum absolute atomic E-state index is 14.4. The molecule has 11 heteroatoms. The minimum atomic E-state index is -1.16. The number of carbonyl (C=O) groups is 3. The van der Waals surface area contributed by atoms with Gasteiger partial charge in [0.15, 0.2) is 0 Å². The lowest BCUT2D eigenvalue weighted by atomic mass is 9.41. The van der Waals surface area contributed by atoms with Gasteiger partial charge in [0.05, 0.1) is 30.0 Å². The standard InChI is InChI=1S/C43H71NO10/c1-36(2,3)53-31(47)16-13-24(44-35(49)54-37(4,5)6)34(48)52-27-22-41(12)28-21-25(45)33-38(7,8)29(46)17-18-43(33)23-42(28,43)20-19-40(41,11)32(27)26-14-15-30(51-26)39(9,10)50/h24-30,32-33,45-46,50H,13-23H2,1-12H3,(H,44,49)/t24-,25-,26?,27-,28?,29-,30-,32-,33-,40+,41-,42?,43+/m0/s1. The molecule has 0 aromatic heterocycles. The first-order chi connectivity index (χ1) is 24.6. The van der Waals surface area contributed by atoms with Crippen molar-refractivity contribution in [1.29, 1.82) is 0 Å². The van der Waals surface area contributed by atoms with Crippen LogP contribution in [0.1, 0.15) is 154 Å². The van der Waals surface area contributed by atoms with E-state index in [9.17, 15) is 29.7 Å². The van der Waals surface area contributed by atoms with Crippen LogP contribution >= 0.6 is 0 Å². The van der Waals surface area contributed by atoms with Gasteiger partial charge in [0.1, 0.15) is 23.3 Å². The molecule has 13 atom stereocenters. The van der Waals surface area contributed by atoms with Crippen LogP contribution in [0.15, 0.2) is 0 Å². The van der Waals surface area contributed by atoms with E-state index >= 15 is 0 Å². The highest BCUT2D eigenvalue weighted by molar-refractivity contribution is 5.82. The second-order valence-corrected chi connectivity index (χ2v) is 22.0. The van der Waals surface area contributed by atoms with Gasteiger partial charge in [0.2, 0.25) is 0 Å². The minimum absolute atomic E-state index is 0.0212. The third-order valence-corrected chi connectivity index (χ3v) is 15.6. The first-order valence-electron chi connectivity index (χ1n) is 20.8. The minimum Gasteiger partial charge on any atom is -0.460 e. The Balaban J connectivity index is 1.32. The van der Waals surface area contributed by atoms with E-state index in [2.05, 4.69) is 33.0 Å². The summed E-state index contributed by atoms with van der Waals surface area (Å²) in [5.41, 5.74) is -3.55. The first kappa shape index (κ1) is 41.7. The molecule has 5 saturated carbocycles. The molecule has 308 valence electrons. The lowest BCUT2D eigenvalue weighted by molar-refractivity contribution is -0.203. The molecule has 1 aliphatic heterocycles. The Hall–Kier alpha value is -1.95. The molecule has 1 saturated heterocycles. The molecular weight excluding hydrogens is 690 g/mol. The summed E-state index contributed by atoms with van der Waals surface area (Å²) in [5, 5.41) is 36.9. The van der Waals surface area contributed by atoms with E-state index in [4.69, 9.17) is 18.9 Å². The maximum atomic E-state index is 14.4. The summed E-state index contributed by atoms with van der Waals surface area (Å²) in [4.78, 5) is 40.3. The number of aliphatic hydroxyl groups excluding tert-OH is 2. The number of nitrogens with one attached hydrogen (secondary N) is 1. The first-order valence-corrected chi connectivity index (χ1v) is 20.8. The van der Waals surface area contributed by atoms with Gasteiger partial charge in [-0.05, 0) is 159 Å². The zero-order chi connectivity index (χ0) is 40.2. The fourth-order valence-corrected chi connectivity index (χ4v) is 13.3. The number of aliphatic hydroxyl groups is 3. The van der Waals surface area contributed by atoms with Gasteiger partial charge in [-0.3, -0.25) is 4.79 Å². The molecule has 4 N–H and O–H groups in total. The molecule has 1 heterocycles. The average molecular weight is 762 g/mol. The Morgan fingerprint density at radius 1 is 0.852 bits per heavy atom. The third kappa shape index (κ3) is 6.91. The van der Waals surface area contributed by atoms with E-state index in [-0.39, 0.29) is 69.9 Å². The van der Waals surface area contributed by atoms with E-state index in [0.29, 0.717) is 25.7 Å². The number of fused-ring (bicyclic) bond motifs is 2. The molecule has 3 unspecified atom stereocenters. The summed E-state index contributed by atoms with van der Waals surface area (Å²) in [6, 6.07) is -1.16. The molecule has 2 spiro atoms. The monoisotopic (exact) mass is 762 g/mol. The SMILES string of the molecule is CC(C)(C)OC(=O)CC[C@H](NC(=O)OC(C)(C)C)C(=O)O[C@H]1C[C@@]2(C)C3C[C@H](O)[C@H]4C(C)(C)[C@@H](O)CC[C@@]45CC35CC[C@]2(C)[C@H]1C1CC[C@@H](C(C)(C)O)O1. The number of amides is 1. The van der Waals surface area contributed by atoms with Crippen LogP contribution in [0.3, 0.4) is 0 Å². The van der Waals surface area contributed by atoms with E-state index in [0.717, 1.165) is 32.1 Å². The van der Waals surface area contributed by atoms with E-state index < -0.39 is 59.2 Å². The molecule has 54 heavy (non-hydrogen) atoms. The van der Waals surface area contributed by atoms with Crippen molar-refractivity contribution in [2.45, 2.75) is 207 Å². The maximum Gasteiger partial charge on any atom is 0.408 e. The summed E-state index contributed by atoms with van der Waals surface area (Å²) < 4.78 is 24.4. The van der Waals surface area contributed by atoms with Crippen LogP contribution in [-0.4, -0.2) is 86.7 Å². The molecule has 0 aromatic carbocycles. The summed E-state index contributed by atoms with van der Waals surface area (Å²) >= 11 is 0. The summed E-state index contributed by atoms with van der Waals surface area (Å²) in [6.45, 7) is 23.1. The van der Waals surface area contributed by atoms with Crippen molar-refractivity contribution in [1.82, 2.24) is 5.32 Å². The van der Waals surface area contributed by atoms with Gasteiger partial charge in [0.25, 0.3) is 0 Å². The molecule has 1 amide bonds. The van der Waals surface area contributed by atoms with Crippen LogP contribution in [0, 0.1) is 44.8 Å². The van der Waals surface area contributed by atoms with Gasteiger partial charge >= 0.3 is 18.0 Å². The van der Waals surface area contributed by atoms with Crippen molar-refractivity contribution in [2.75, 3.05) is 0 Å². The summed E-state index contributed by atoms with van der Waals surface area (Å²) in [6.07, 6.45) is 4.16. The topological polar surface area (TPSA) is 161 Å². The van der Waals surface area contributed by atoms with Crippen LogP contribution in [-0.2, 0) is 28.5 Å². The van der Waals surface area contributed by atoms with Gasteiger partial charge in [-0.2, -0.15) is 0 Å². The summed E-state index contributed by atoms with van der Waals surface area (Å²) in [5.74, 6) is -1.10. The van der Waals surface area contributed by atoms with Gasteiger partial charge in [-0.15, -0.1) is 0 Å². The van der Waals surface area contributed by atoms with Crippen molar-refractivity contribution in [3.05, 3.63) is 0 Å². The number of rotatable bonds is 8. The number of alkyl carbamates (subject to hydrolysis) is 1. The normalized spacial score (nSPS) is 43.1. The van der Waals surface area contributed by atoms with E-state index in [1.165, 1.54) is 0 Å². The lowest BCUT2D eigenvalue weighted by Crippen LogP contribution is -2.61. The average Bonchev–Trinajstić information content (AvgIpc) is 3.25. The molecule has 0 aromatic rings. The highest BCUT2D eigenvalue weighted by Crippen LogP contribution is 2.89. The van der Waals surface area contributed by atoms with Gasteiger partial charge in [-0.25, -0.2) is 9.59 Å². The number of hydrogen-bond acceptors (Lipinski definition) is 10. The fourth-order valence-electron chi connectivity index (χ4n) is 13.3. The predicted molar refractivity (Wildman–Crippen MR) is 202 cm³/mol. The van der Waals surface area contributed by atoms with Gasteiger partial charge in [-0.1, -0.05) is 27.7 Å². The molecule has 6 rings (SSSR count). The van der Waals surface area contributed by atoms with Gasteiger partial charge < -0.3 is 39.6 Å². The third-order valence-electron chi connectivity index (χ3n) is 15.6. The van der Waals surface area contributed by atoms with Crippen LogP contribution in [0.2, 0.25) is 0 Å². The largest absolute Gasteiger partial charge is 0.460 e. The Morgan fingerprint density at radius 2 is 1.50 bits per heavy atom.